The Balaban J connectivity index is 2.65. The third kappa shape index (κ3) is 2.09. The maximum Gasteiger partial charge on any atom is 0.335 e. The van der Waals surface area contributed by atoms with Gasteiger partial charge in [-0.3, -0.25) is 0 Å². The molecule has 0 aliphatic rings. The molecule has 0 aliphatic carbocycles. The Bertz CT molecular complexity index is 546. The molecule has 0 bridgehead atoms. The van der Waals surface area contributed by atoms with Crippen molar-refractivity contribution >= 4 is 17.3 Å². The Morgan fingerprint density at radius 3 is 2.71 bits per heavy atom. The van der Waals surface area contributed by atoms with E-state index in [0.29, 0.717) is 5.56 Å². The first-order chi connectivity index (χ1) is 8.13. The van der Waals surface area contributed by atoms with Gasteiger partial charge >= 0.3 is 5.97 Å². The van der Waals surface area contributed by atoms with Crippen LogP contribution in [0.2, 0.25) is 0 Å². The van der Waals surface area contributed by atoms with Crippen molar-refractivity contribution in [2.24, 2.45) is 0 Å². The zero-order valence-corrected chi connectivity index (χ0v) is 9.82. The zero-order chi connectivity index (χ0) is 12.4. The van der Waals surface area contributed by atoms with Gasteiger partial charge in [0, 0.05) is 10.4 Å². The summed E-state index contributed by atoms with van der Waals surface area (Å²) in [6.07, 6.45) is 0. The standard InChI is InChI=1S/C12H10O4S/c1-16-9-6-7(12(14)15)5-8(11(9)13)10-3-2-4-17-10/h2-6,13H,1H3,(H,14,15). The van der Waals surface area contributed by atoms with Gasteiger partial charge in [-0.25, -0.2) is 4.79 Å². The maximum absolute atomic E-state index is 11.0. The van der Waals surface area contributed by atoms with Crippen molar-refractivity contribution in [3.8, 4) is 21.9 Å². The molecule has 1 heterocycles. The maximum atomic E-state index is 11.0. The third-order valence-electron chi connectivity index (χ3n) is 2.33. The Hall–Kier alpha value is -2.01. The summed E-state index contributed by atoms with van der Waals surface area (Å²) in [5.74, 6) is -0.936. The number of rotatable bonds is 3. The van der Waals surface area contributed by atoms with Gasteiger partial charge in [-0.2, -0.15) is 0 Å². The highest BCUT2D eigenvalue weighted by atomic mass is 32.1. The Labute approximate surface area is 102 Å². The molecule has 0 aliphatic heterocycles. The number of carboxylic acids is 1. The molecule has 2 rings (SSSR count). The number of carbonyl (C=O) groups is 1. The van der Waals surface area contributed by atoms with Crippen LogP contribution in [0.1, 0.15) is 10.4 Å². The van der Waals surface area contributed by atoms with Gasteiger partial charge in [-0.15, -0.1) is 11.3 Å². The quantitative estimate of drug-likeness (QED) is 0.879. The SMILES string of the molecule is COc1cc(C(=O)O)cc(-c2cccs2)c1O. The number of phenolic OH excluding ortho intramolecular Hbond substituents is 1. The normalized spacial score (nSPS) is 10.2. The summed E-state index contributed by atoms with van der Waals surface area (Å²) < 4.78 is 4.97. The number of aromatic carboxylic acids is 1. The fourth-order valence-electron chi connectivity index (χ4n) is 1.51. The number of benzene rings is 1. The number of ether oxygens (including phenoxy) is 1. The number of methoxy groups -OCH3 is 1. The van der Waals surface area contributed by atoms with Gasteiger partial charge in [-0.05, 0) is 23.6 Å². The minimum absolute atomic E-state index is 0.0417. The molecule has 0 spiro atoms. The summed E-state index contributed by atoms with van der Waals surface area (Å²) in [5, 5.41) is 20.8. The zero-order valence-electron chi connectivity index (χ0n) is 9.01. The van der Waals surface area contributed by atoms with Crippen molar-refractivity contribution < 1.29 is 19.7 Å². The van der Waals surface area contributed by atoms with E-state index >= 15 is 0 Å². The second-order valence-corrected chi connectivity index (χ2v) is 4.30. The van der Waals surface area contributed by atoms with Crippen molar-refractivity contribution in [3.05, 3.63) is 35.2 Å². The van der Waals surface area contributed by atoms with Gasteiger partial charge < -0.3 is 14.9 Å². The topological polar surface area (TPSA) is 66.8 Å². The van der Waals surface area contributed by atoms with E-state index in [-0.39, 0.29) is 17.1 Å². The summed E-state index contributed by atoms with van der Waals surface area (Å²) in [6.45, 7) is 0. The van der Waals surface area contributed by atoms with Crippen LogP contribution in [0.15, 0.2) is 29.6 Å². The summed E-state index contributed by atoms with van der Waals surface area (Å²) in [5.41, 5.74) is 0.555. The Morgan fingerprint density at radius 1 is 1.41 bits per heavy atom. The first-order valence-electron chi connectivity index (χ1n) is 4.81. The molecule has 0 radical (unpaired) electrons. The third-order valence-corrected chi connectivity index (χ3v) is 3.23. The van der Waals surface area contributed by atoms with E-state index in [1.807, 2.05) is 17.5 Å². The van der Waals surface area contributed by atoms with Crippen molar-refractivity contribution in [2.75, 3.05) is 7.11 Å². The molecule has 0 amide bonds. The average molecular weight is 250 g/mol. The van der Waals surface area contributed by atoms with Gasteiger partial charge in [0.05, 0.1) is 12.7 Å². The highest BCUT2D eigenvalue weighted by Gasteiger charge is 2.15. The molecule has 0 unspecified atom stereocenters. The van der Waals surface area contributed by atoms with Crippen LogP contribution in [-0.2, 0) is 0 Å². The molecule has 4 nitrogen and oxygen atoms in total. The van der Waals surface area contributed by atoms with Crippen LogP contribution >= 0.6 is 11.3 Å². The van der Waals surface area contributed by atoms with E-state index < -0.39 is 5.97 Å². The largest absolute Gasteiger partial charge is 0.504 e. The number of carboxylic acid groups (broad SMARTS) is 1. The summed E-state index contributed by atoms with van der Waals surface area (Å²) in [7, 11) is 1.39. The van der Waals surface area contributed by atoms with Gasteiger partial charge in [0.1, 0.15) is 0 Å². The highest BCUT2D eigenvalue weighted by Crippen LogP contribution is 2.40. The molecule has 1 aromatic heterocycles. The minimum atomic E-state index is -1.05. The second kappa shape index (κ2) is 4.47. The number of phenols is 1. The molecule has 0 atom stereocenters. The first-order valence-corrected chi connectivity index (χ1v) is 5.69. The number of hydrogen-bond acceptors (Lipinski definition) is 4. The molecule has 0 saturated heterocycles. The van der Waals surface area contributed by atoms with Crippen LogP contribution in [0.25, 0.3) is 10.4 Å². The lowest BCUT2D eigenvalue weighted by molar-refractivity contribution is 0.0696. The van der Waals surface area contributed by atoms with Crippen molar-refractivity contribution in [2.45, 2.75) is 0 Å². The van der Waals surface area contributed by atoms with E-state index in [0.717, 1.165) is 4.88 Å². The van der Waals surface area contributed by atoms with Crippen molar-refractivity contribution in [1.29, 1.82) is 0 Å². The molecule has 2 N–H and O–H groups in total. The van der Waals surface area contributed by atoms with Crippen LogP contribution in [0, 0.1) is 0 Å². The fourth-order valence-corrected chi connectivity index (χ4v) is 2.25. The fraction of sp³-hybridized carbons (Fsp3) is 0.0833. The highest BCUT2D eigenvalue weighted by molar-refractivity contribution is 7.13. The summed E-state index contributed by atoms with van der Waals surface area (Å²) in [6, 6.07) is 6.38. The van der Waals surface area contributed by atoms with E-state index in [4.69, 9.17) is 9.84 Å². The second-order valence-electron chi connectivity index (χ2n) is 3.36. The minimum Gasteiger partial charge on any atom is -0.504 e. The molecule has 17 heavy (non-hydrogen) atoms. The van der Waals surface area contributed by atoms with Gasteiger partial charge in [-0.1, -0.05) is 6.07 Å². The molecule has 1 aromatic carbocycles. The molecule has 2 aromatic rings. The first kappa shape index (κ1) is 11.5. The predicted molar refractivity (Wildman–Crippen MR) is 64.9 cm³/mol. The lowest BCUT2D eigenvalue weighted by atomic mass is 10.1. The van der Waals surface area contributed by atoms with Crippen LogP contribution in [0.4, 0.5) is 0 Å². The van der Waals surface area contributed by atoms with Gasteiger partial charge in [0.25, 0.3) is 0 Å². The summed E-state index contributed by atoms with van der Waals surface area (Å²) >= 11 is 1.42. The number of aromatic hydroxyl groups is 1. The van der Waals surface area contributed by atoms with E-state index in [9.17, 15) is 9.90 Å². The molecule has 0 saturated carbocycles. The average Bonchev–Trinajstić information content (AvgIpc) is 2.82. The van der Waals surface area contributed by atoms with E-state index in [2.05, 4.69) is 0 Å². The number of thiophene rings is 1. The lowest BCUT2D eigenvalue weighted by Crippen LogP contribution is -1.98. The molecule has 0 fully saturated rings. The van der Waals surface area contributed by atoms with E-state index in [1.54, 1.807) is 0 Å². The van der Waals surface area contributed by atoms with Gasteiger partial charge in [0.2, 0.25) is 0 Å². The van der Waals surface area contributed by atoms with Crippen LogP contribution < -0.4 is 4.74 Å². The van der Waals surface area contributed by atoms with Crippen LogP contribution in [0.5, 0.6) is 11.5 Å². The van der Waals surface area contributed by atoms with Gasteiger partial charge in [0.15, 0.2) is 11.5 Å². The molecule has 88 valence electrons. The van der Waals surface area contributed by atoms with Crippen molar-refractivity contribution in [1.82, 2.24) is 0 Å². The van der Waals surface area contributed by atoms with Crippen LogP contribution in [0.3, 0.4) is 0 Å². The smallest absolute Gasteiger partial charge is 0.335 e. The predicted octanol–water partition coefficient (Wildman–Crippen LogP) is 2.83. The van der Waals surface area contributed by atoms with Crippen molar-refractivity contribution in [3.63, 3.8) is 0 Å². The van der Waals surface area contributed by atoms with E-state index in [1.165, 1.54) is 30.6 Å². The molecular weight excluding hydrogens is 240 g/mol. The summed E-state index contributed by atoms with van der Waals surface area (Å²) in [4.78, 5) is 11.8. The van der Waals surface area contributed by atoms with Crippen LogP contribution in [-0.4, -0.2) is 23.3 Å². The Kier molecular flexibility index (Phi) is 3.01. The monoisotopic (exact) mass is 250 g/mol. The molecule has 5 heteroatoms. The lowest BCUT2D eigenvalue weighted by Gasteiger charge is -2.09. The Morgan fingerprint density at radius 2 is 2.18 bits per heavy atom. The number of hydrogen-bond donors (Lipinski definition) is 2. The molecular formula is C12H10O4S.